The minimum atomic E-state index is -0.850. The van der Waals surface area contributed by atoms with E-state index in [1.54, 1.807) is 18.2 Å². The van der Waals surface area contributed by atoms with Crippen molar-refractivity contribution in [1.29, 1.82) is 0 Å². The lowest BCUT2D eigenvalue weighted by atomic mass is 10.2. The van der Waals surface area contributed by atoms with Crippen LogP contribution in [-0.2, 0) is 4.79 Å². The molecule has 0 radical (unpaired) electrons. The van der Waals surface area contributed by atoms with E-state index in [0.29, 0.717) is 23.6 Å². The van der Waals surface area contributed by atoms with Crippen molar-refractivity contribution in [3.8, 4) is 5.75 Å². The van der Waals surface area contributed by atoms with Gasteiger partial charge in [0.25, 0.3) is 5.91 Å². The molecule has 0 atom stereocenters. The quantitative estimate of drug-likeness (QED) is 0.718. The minimum Gasteiger partial charge on any atom is -0.490 e. The summed E-state index contributed by atoms with van der Waals surface area (Å²) in [7, 11) is 0. The summed E-state index contributed by atoms with van der Waals surface area (Å²) in [5.74, 6) is 0.0983. The second-order valence-electron chi connectivity index (χ2n) is 4.36. The van der Waals surface area contributed by atoms with Crippen molar-refractivity contribution in [3.05, 3.63) is 29.8 Å². The van der Waals surface area contributed by atoms with Crippen LogP contribution in [0.15, 0.2) is 24.3 Å². The molecular weight excluding hydrogens is 278 g/mol. The molecule has 0 aromatic heterocycles. The highest BCUT2D eigenvalue weighted by Gasteiger charge is 2.12. The number of para-hydroxylation sites is 1. The average molecular weight is 297 g/mol. The summed E-state index contributed by atoms with van der Waals surface area (Å²) in [5, 5.41) is 11.2. The maximum atomic E-state index is 12.0. The van der Waals surface area contributed by atoms with Gasteiger partial charge in [-0.15, -0.1) is 11.8 Å². The Hall–Kier alpha value is -1.69. The fourth-order valence-electron chi connectivity index (χ4n) is 1.50. The van der Waals surface area contributed by atoms with Crippen LogP contribution < -0.4 is 10.1 Å². The third-order valence-corrected chi connectivity index (χ3v) is 3.20. The number of benzene rings is 1. The maximum Gasteiger partial charge on any atom is 0.313 e. The van der Waals surface area contributed by atoms with E-state index in [0.717, 1.165) is 0 Å². The van der Waals surface area contributed by atoms with Crippen molar-refractivity contribution in [1.82, 2.24) is 5.32 Å². The van der Waals surface area contributed by atoms with Crippen molar-refractivity contribution in [2.24, 2.45) is 0 Å². The van der Waals surface area contributed by atoms with E-state index in [4.69, 9.17) is 9.84 Å². The van der Waals surface area contributed by atoms with Crippen molar-refractivity contribution in [2.45, 2.75) is 20.0 Å². The van der Waals surface area contributed by atoms with Gasteiger partial charge in [-0.2, -0.15) is 0 Å². The van der Waals surface area contributed by atoms with Crippen molar-refractivity contribution in [3.63, 3.8) is 0 Å². The van der Waals surface area contributed by atoms with E-state index in [2.05, 4.69) is 5.32 Å². The number of hydrogen-bond donors (Lipinski definition) is 2. The van der Waals surface area contributed by atoms with Crippen LogP contribution in [0.3, 0.4) is 0 Å². The molecule has 0 aliphatic carbocycles. The van der Waals surface area contributed by atoms with E-state index in [-0.39, 0.29) is 17.8 Å². The normalized spacial score (nSPS) is 10.3. The fraction of sp³-hybridized carbons (Fsp3) is 0.429. The molecule has 1 aromatic carbocycles. The first-order chi connectivity index (χ1) is 9.50. The van der Waals surface area contributed by atoms with Crippen LogP contribution in [0.4, 0.5) is 0 Å². The molecule has 0 fully saturated rings. The second-order valence-corrected chi connectivity index (χ2v) is 5.47. The number of ether oxygens (including phenoxy) is 1. The Kier molecular flexibility index (Phi) is 6.93. The van der Waals surface area contributed by atoms with Gasteiger partial charge in [-0.3, -0.25) is 9.59 Å². The molecule has 6 heteroatoms. The summed E-state index contributed by atoms with van der Waals surface area (Å²) in [6, 6.07) is 7.06. The molecule has 0 saturated heterocycles. The number of carboxylic acid groups (broad SMARTS) is 1. The van der Waals surface area contributed by atoms with Gasteiger partial charge in [-0.25, -0.2) is 0 Å². The third kappa shape index (κ3) is 5.97. The van der Waals surface area contributed by atoms with Gasteiger partial charge in [-0.05, 0) is 26.0 Å². The maximum absolute atomic E-state index is 12.0. The number of thioether (sulfide) groups is 1. The number of nitrogens with one attached hydrogen (secondary N) is 1. The SMILES string of the molecule is CC(C)Oc1ccccc1C(=O)NCCSCC(=O)O. The van der Waals surface area contributed by atoms with E-state index >= 15 is 0 Å². The van der Waals surface area contributed by atoms with E-state index in [1.165, 1.54) is 11.8 Å². The molecule has 1 rings (SSSR count). The highest BCUT2D eigenvalue weighted by molar-refractivity contribution is 7.99. The van der Waals surface area contributed by atoms with Crippen LogP contribution in [0.25, 0.3) is 0 Å². The lowest BCUT2D eigenvalue weighted by Crippen LogP contribution is -2.26. The number of carboxylic acids is 1. The van der Waals surface area contributed by atoms with Crippen LogP contribution in [0, 0.1) is 0 Å². The Balaban J connectivity index is 2.48. The zero-order valence-corrected chi connectivity index (χ0v) is 12.4. The van der Waals surface area contributed by atoms with E-state index in [9.17, 15) is 9.59 Å². The minimum absolute atomic E-state index is 0.00456. The lowest BCUT2D eigenvalue weighted by molar-refractivity contribution is -0.133. The van der Waals surface area contributed by atoms with Crippen molar-refractivity contribution >= 4 is 23.6 Å². The molecule has 0 aliphatic rings. The number of amides is 1. The molecule has 0 aliphatic heterocycles. The van der Waals surface area contributed by atoms with Gasteiger partial charge < -0.3 is 15.2 Å². The first kappa shape index (κ1) is 16.4. The molecule has 110 valence electrons. The molecular formula is C14H19NO4S. The number of carbonyl (C=O) groups is 2. The zero-order chi connectivity index (χ0) is 15.0. The molecule has 0 heterocycles. The van der Waals surface area contributed by atoms with Crippen LogP contribution in [0.2, 0.25) is 0 Å². The Morgan fingerprint density at radius 3 is 2.70 bits per heavy atom. The molecule has 5 nitrogen and oxygen atoms in total. The lowest BCUT2D eigenvalue weighted by Gasteiger charge is -2.13. The Morgan fingerprint density at radius 2 is 2.05 bits per heavy atom. The monoisotopic (exact) mass is 297 g/mol. The van der Waals surface area contributed by atoms with Crippen molar-refractivity contribution < 1.29 is 19.4 Å². The summed E-state index contributed by atoms with van der Waals surface area (Å²) >= 11 is 1.27. The molecule has 0 unspecified atom stereocenters. The number of carbonyl (C=O) groups excluding carboxylic acids is 1. The Labute approximate surface area is 122 Å². The number of hydrogen-bond acceptors (Lipinski definition) is 4. The molecule has 0 saturated carbocycles. The van der Waals surface area contributed by atoms with Crippen molar-refractivity contribution in [2.75, 3.05) is 18.1 Å². The standard InChI is InChI=1S/C14H19NO4S/c1-10(2)19-12-6-4-3-5-11(12)14(18)15-7-8-20-9-13(16)17/h3-6,10H,7-9H2,1-2H3,(H,15,18)(H,16,17). The highest BCUT2D eigenvalue weighted by atomic mass is 32.2. The fourth-order valence-corrected chi connectivity index (χ4v) is 2.07. The second kappa shape index (κ2) is 8.47. The van der Waals surface area contributed by atoms with Gasteiger partial charge in [0.2, 0.25) is 0 Å². The Morgan fingerprint density at radius 1 is 1.35 bits per heavy atom. The summed E-state index contributed by atoms with van der Waals surface area (Å²) in [4.78, 5) is 22.4. The predicted molar refractivity (Wildman–Crippen MR) is 79.5 cm³/mol. The molecule has 0 bridgehead atoms. The molecule has 1 aromatic rings. The Bertz CT molecular complexity index is 462. The topological polar surface area (TPSA) is 75.6 Å². The number of rotatable bonds is 8. The van der Waals surface area contributed by atoms with Gasteiger partial charge in [0.15, 0.2) is 0 Å². The first-order valence-corrected chi connectivity index (χ1v) is 7.49. The van der Waals surface area contributed by atoms with Crippen LogP contribution in [0.5, 0.6) is 5.75 Å². The molecule has 1 amide bonds. The van der Waals surface area contributed by atoms with E-state index < -0.39 is 5.97 Å². The predicted octanol–water partition coefficient (Wildman–Crippen LogP) is 2.02. The van der Waals surface area contributed by atoms with Gasteiger partial charge in [0.1, 0.15) is 5.75 Å². The van der Waals surface area contributed by atoms with Crippen LogP contribution >= 0.6 is 11.8 Å². The van der Waals surface area contributed by atoms with Gasteiger partial charge in [0, 0.05) is 12.3 Å². The molecule has 0 spiro atoms. The summed E-state index contributed by atoms with van der Waals surface area (Å²) in [6.45, 7) is 4.22. The molecule has 2 N–H and O–H groups in total. The first-order valence-electron chi connectivity index (χ1n) is 6.34. The highest BCUT2D eigenvalue weighted by Crippen LogP contribution is 2.19. The summed E-state index contributed by atoms with van der Waals surface area (Å²) in [6.07, 6.45) is -0.00456. The van der Waals surface area contributed by atoms with Gasteiger partial charge >= 0.3 is 5.97 Å². The van der Waals surface area contributed by atoms with E-state index in [1.807, 2.05) is 19.9 Å². The average Bonchev–Trinajstić information content (AvgIpc) is 2.37. The smallest absolute Gasteiger partial charge is 0.313 e. The van der Waals surface area contributed by atoms with Gasteiger partial charge in [0.05, 0.1) is 17.4 Å². The summed E-state index contributed by atoms with van der Waals surface area (Å²) in [5.41, 5.74) is 0.490. The molecule has 20 heavy (non-hydrogen) atoms. The van der Waals surface area contributed by atoms with Crippen LogP contribution in [-0.4, -0.2) is 41.1 Å². The zero-order valence-electron chi connectivity index (χ0n) is 11.6. The third-order valence-electron chi connectivity index (χ3n) is 2.25. The number of aliphatic carboxylic acids is 1. The van der Waals surface area contributed by atoms with Gasteiger partial charge in [-0.1, -0.05) is 12.1 Å². The largest absolute Gasteiger partial charge is 0.490 e. The summed E-state index contributed by atoms with van der Waals surface area (Å²) < 4.78 is 5.58. The van der Waals surface area contributed by atoms with Crippen LogP contribution in [0.1, 0.15) is 24.2 Å².